The van der Waals surface area contributed by atoms with E-state index in [0.29, 0.717) is 17.4 Å². The number of rotatable bonds is 75. The first-order valence-corrected chi connectivity index (χ1v) is 41.0. The molecule has 0 aromatic heterocycles. The van der Waals surface area contributed by atoms with Crippen LogP contribution >= 0.6 is 0 Å². The van der Waals surface area contributed by atoms with Gasteiger partial charge in [0.1, 0.15) is 13.2 Å². The summed E-state index contributed by atoms with van der Waals surface area (Å²) in [7, 11) is 5.99. The van der Waals surface area contributed by atoms with Crippen molar-refractivity contribution in [2.24, 2.45) is 0 Å². The van der Waals surface area contributed by atoms with E-state index in [1.165, 1.54) is 205 Å². The van der Waals surface area contributed by atoms with E-state index in [9.17, 15) is 19.5 Å². The van der Waals surface area contributed by atoms with E-state index in [4.69, 9.17) is 18.9 Å². The van der Waals surface area contributed by atoms with Gasteiger partial charge in [0.25, 0.3) is 6.29 Å². The number of carboxylic acids is 1. The predicted octanol–water partition coefficient (Wildman–Crippen LogP) is 26.6. The summed E-state index contributed by atoms with van der Waals surface area (Å²) in [5.41, 5.74) is 0. The number of likely N-dealkylation sites (N-methyl/N-ethyl adjacent to an activating group) is 1. The highest BCUT2D eigenvalue weighted by molar-refractivity contribution is 5.71. The molecule has 99 heavy (non-hydrogen) atoms. The van der Waals surface area contributed by atoms with Crippen molar-refractivity contribution in [2.45, 2.75) is 360 Å². The van der Waals surface area contributed by atoms with Gasteiger partial charge in [-0.3, -0.25) is 9.59 Å². The first-order valence-electron chi connectivity index (χ1n) is 41.0. The molecule has 0 aliphatic rings. The van der Waals surface area contributed by atoms with Crippen LogP contribution in [0.1, 0.15) is 348 Å². The Hall–Kier alpha value is -4.83. The topological polar surface area (TPSA) is 108 Å². The van der Waals surface area contributed by atoms with Gasteiger partial charge in [-0.1, -0.05) is 365 Å². The molecule has 0 aromatic carbocycles. The molecule has 0 saturated carbocycles. The van der Waals surface area contributed by atoms with Crippen molar-refractivity contribution in [2.75, 3.05) is 47.5 Å². The summed E-state index contributed by atoms with van der Waals surface area (Å²) in [6, 6.07) is 0. The molecule has 0 bridgehead atoms. The molecule has 0 radical (unpaired) electrons. The van der Waals surface area contributed by atoms with E-state index >= 15 is 0 Å². The smallest absolute Gasteiger partial charge is 0.361 e. The van der Waals surface area contributed by atoms with Gasteiger partial charge >= 0.3 is 17.9 Å². The van der Waals surface area contributed by atoms with Gasteiger partial charge in [-0.25, -0.2) is 4.79 Å². The van der Waals surface area contributed by atoms with Crippen LogP contribution in [0.25, 0.3) is 0 Å². The SMILES string of the molecule is CC/C=C\C/C=C\C/C=C\C/C=C\C/C=C\C/C=C\C/C=C\C/C=C\CCCCCCCCCCCCCCCCC(=O)OC(COC(=O)CCCCCCCCCCCCCCCCCCCCCCCC/C=C\C/C=C\C/C=C\C/C=C\CC)COC(OCC[N+](C)(C)C)C(=O)O. The standard InChI is InChI=1S/C90H153NO8/c1-6-8-10-12-14-16-18-20-22-24-26-28-30-32-34-36-38-40-42-43-44-45-47-49-51-53-55-57-59-61-63-65-67-69-71-73-75-77-79-81-88(93)99-86(85-98-90(89(94)95)96-83-82-91(3,4)5)84-97-87(92)80-78-76-74-72-70-68-66-64-62-60-58-56-54-52-50-48-46-41-39-37-35-33-31-29-27-25-23-21-19-17-15-13-11-9-7-2/h8-11,14-17,20-23,26-29,32,34,38,40,43-44,47,49,86,90H,6-7,12-13,18-19,24-25,30-31,33,35-37,39,41-42,45-46,48,50-85H2,1-5H3/p+1/b10-8-,11-9-,16-14-,17-15-,22-20-,23-21-,28-26-,29-27-,34-32-,40-38-,44-43-,49-47-. The molecule has 0 fully saturated rings. The molecule has 0 aliphatic carbocycles. The van der Waals surface area contributed by atoms with Crippen molar-refractivity contribution in [1.82, 2.24) is 0 Å². The monoisotopic (exact) mass is 1380 g/mol. The molecule has 0 aliphatic heterocycles. The summed E-state index contributed by atoms with van der Waals surface area (Å²) in [6.07, 6.45) is 113. The molecular formula is C90H154NO8+. The van der Waals surface area contributed by atoms with Gasteiger partial charge in [0.05, 0.1) is 34.4 Å². The molecule has 2 unspecified atom stereocenters. The highest BCUT2D eigenvalue weighted by Gasteiger charge is 2.25. The van der Waals surface area contributed by atoms with Crippen molar-refractivity contribution >= 4 is 17.9 Å². The van der Waals surface area contributed by atoms with E-state index in [2.05, 4.69) is 160 Å². The Morgan fingerprint density at radius 3 is 0.808 bits per heavy atom. The first-order chi connectivity index (χ1) is 48.6. The number of nitrogens with zero attached hydrogens (tertiary/aromatic N) is 1. The van der Waals surface area contributed by atoms with Gasteiger partial charge in [0, 0.05) is 12.8 Å². The number of carbonyl (C=O) groups excluding carboxylic acids is 2. The summed E-state index contributed by atoms with van der Waals surface area (Å²) >= 11 is 0. The molecule has 9 heteroatoms. The van der Waals surface area contributed by atoms with Crippen LogP contribution in [-0.2, 0) is 33.3 Å². The molecule has 2 atom stereocenters. The fourth-order valence-corrected chi connectivity index (χ4v) is 11.4. The second kappa shape index (κ2) is 78.9. The number of unbranched alkanes of at least 4 members (excludes halogenated alkanes) is 36. The summed E-state index contributed by atoms with van der Waals surface area (Å²) in [5, 5.41) is 9.78. The maximum Gasteiger partial charge on any atom is 0.361 e. The third-order valence-corrected chi connectivity index (χ3v) is 17.6. The minimum absolute atomic E-state index is 0.184. The lowest BCUT2D eigenvalue weighted by Crippen LogP contribution is -2.40. The van der Waals surface area contributed by atoms with Crippen LogP contribution in [0.5, 0.6) is 0 Å². The molecule has 566 valence electrons. The lowest BCUT2D eigenvalue weighted by molar-refractivity contribution is -0.870. The van der Waals surface area contributed by atoms with Gasteiger partial charge in [0.2, 0.25) is 0 Å². The largest absolute Gasteiger partial charge is 0.477 e. The van der Waals surface area contributed by atoms with E-state index in [-0.39, 0.29) is 32.2 Å². The quantitative estimate of drug-likeness (QED) is 0.0211. The van der Waals surface area contributed by atoms with Crippen LogP contribution in [0.3, 0.4) is 0 Å². The maximum absolute atomic E-state index is 13.0. The Morgan fingerprint density at radius 2 is 0.545 bits per heavy atom. The van der Waals surface area contributed by atoms with Gasteiger partial charge in [0.15, 0.2) is 6.10 Å². The van der Waals surface area contributed by atoms with Crippen molar-refractivity contribution in [3.63, 3.8) is 0 Å². The third-order valence-electron chi connectivity index (χ3n) is 17.6. The summed E-state index contributed by atoms with van der Waals surface area (Å²) in [6.45, 7) is 4.68. The van der Waals surface area contributed by atoms with Crippen molar-refractivity contribution < 1.29 is 42.9 Å². The molecule has 0 spiro atoms. The molecule has 0 aromatic rings. The Balaban J connectivity index is 4.03. The zero-order chi connectivity index (χ0) is 71.8. The van der Waals surface area contributed by atoms with E-state index in [1.54, 1.807) is 0 Å². The minimum atomic E-state index is -1.52. The van der Waals surface area contributed by atoms with Crippen LogP contribution in [0.15, 0.2) is 146 Å². The lowest BCUT2D eigenvalue weighted by atomic mass is 10.0. The first kappa shape index (κ1) is 94.2. The summed E-state index contributed by atoms with van der Waals surface area (Å²) in [5.74, 6) is -1.99. The van der Waals surface area contributed by atoms with Crippen LogP contribution in [0, 0.1) is 0 Å². The fourth-order valence-electron chi connectivity index (χ4n) is 11.4. The third kappa shape index (κ3) is 80.4. The molecule has 1 N–H and O–H groups in total. The normalized spacial score (nSPS) is 13.4. The van der Waals surface area contributed by atoms with Gasteiger partial charge in [-0.15, -0.1) is 0 Å². The zero-order valence-electron chi connectivity index (χ0n) is 64.9. The number of ether oxygens (including phenoxy) is 4. The van der Waals surface area contributed by atoms with Crippen molar-refractivity contribution in [1.29, 1.82) is 0 Å². The number of aliphatic carboxylic acids is 1. The van der Waals surface area contributed by atoms with E-state index < -0.39 is 24.3 Å². The van der Waals surface area contributed by atoms with Crippen LogP contribution in [-0.4, -0.2) is 87.4 Å². The number of esters is 2. The number of carbonyl (C=O) groups is 3. The molecule has 0 amide bonds. The van der Waals surface area contributed by atoms with Crippen LogP contribution in [0.4, 0.5) is 0 Å². The Morgan fingerprint density at radius 1 is 0.303 bits per heavy atom. The molecular weight excluding hydrogens is 1220 g/mol. The number of hydrogen-bond acceptors (Lipinski definition) is 7. The summed E-state index contributed by atoms with van der Waals surface area (Å²) < 4.78 is 23.1. The summed E-state index contributed by atoms with van der Waals surface area (Å²) in [4.78, 5) is 37.8. The lowest BCUT2D eigenvalue weighted by Gasteiger charge is -2.25. The second-order valence-corrected chi connectivity index (χ2v) is 28.3. The average molecular weight is 1380 g/mol. The van der Waals surface area contributed by atoms with Gasteiger partial charge in [-0.05, 0) is 116 Å². The molecule has 0 saturated heterocycles. The predicted molar refractivity (Wildman–Crippen MR) is 428 cm³/mol. The van der Waals surface area contributed by atoms with Crippen molar-refractivity contribution in [3.8, 4) is 0 Å². The highest BCUT2D eigenvalue weighted by Crippen LogP contribution is 2.19. The van der Waals surface area contributed by atoms with E-state index in [1.807, 2.05) is 21.1 Å². The number of carboxylic acid groups (broad SMARTS) is 1. The minimum Gasteiger partial charge on any atom is -0.477 e. The molecule has 9 nitrogen and oxygen atoms in total. The van der Waals surface area contributed by atoms with Crippen molar-refractivity contribution in [3.05, 3.63) is 146 Å². The molecule has 0 rings (SSSR count). The highest BCUT2D eigenvalue weighted by atomic mass is 16.7. The molecule has 0 heterocycles. The second-order valence-electron chi connectivity index (χ2n) is 28.3. The van der Waals surface area contributed by atoms with Crippen LogP contribution < -0.4 is 0 Å². The number of hydrogen-bond donors (Lipinski definition) is 1. The Bertz CT molecular complexity index is 2150. The Labute approximate surface area is 611 Å². The number of allylic oxidation sites excluding steroid dienone is 24. The average Bonchev–Trinajstić information content (AvgIpc) is 1.14. The van der Waals surface area contributed by atoms with Gasteiger partial charge in [-0.2, -0.15) is 0 Å². The maximum atomic E-state index is 13.0. The zero-order valence-corrected chi connectivity index (χ0v) is 64.9. The Kier molecular flexibility index (Phi) is 75.0. The number of quaternary nitrogens is 1. The van der Waals surface area contributed by atoms with Gasteiger partial charge < -0.3 is 28.5 Å². The van der Waals surface area contributed by atoms with E-state index in [0.717, 1.165) is 116 Å². The fraction of sp³-hybridized carbons (Fsp3) is 0.700. The van der Waals surface area contributed by atoms with Crippen LogP contribution in [0.2, 0.25) is 0 Å².